The van der Waals surface area contributed by atoms with Crippen molar-refractivity contribution >= 4 is 11.6 Å². The lowest BCUT2D eigenvalue weighted by atomic mass is 10.1. The van der Waals surface area contributed by atoms with Gasteiger partial charge in [0.25, 0.3) is 5.91 Å². The SMILES string of the molecule is CCCn1cc(C(=O)Nc2ccccc2CN2CCCCC2)c(C)n1. The van der Waals surface area contributed by atoms with E-state index in [9.17, 15) is 4.79 Å². The molecular formula is C20H28N4O. The molecule has 25 heavy (non-hydrogen) atoms. The molecule has 1 aromatic carbocycles. The Kier molecular flexibility index (Phi) is 5.87. The van der Waals surface area contributed by atoms with Crippen molar-refractivity contribution in [2.24, 2.45) is 0 Å². The Morgan fingerprint density at radius 2 is 1.96 bits per heavy atom. The Hall–Kier alpha value is -2.14. The molecule has 0 atom stereocenters. The zero-order valence-electron chi connectivity index (χ0n) is 15.3. The van der Waals surface area contributed by atoms with Gasteiger partial charge in [-0.1, -0.05) is 31.5 Å². The number of nitrogens with zero attached hydrogens (tertiary/aromatic N) is 3. The third-order valence-electron chi connectivity index (χ3n) is 4.75. The third kappa shape index (κ3) is 4.48. The number of likely N-dealkylation sites (tertiary alicyclic amines) is 1. The molecule has 1 N–H and O–H groups in total. The minimum absolute atomic E-state index is 0.0778. The third-order valence-corrected chi connectivity index (χ3v) is 4.75. The van der Waals surface area contributed by atoms with Crippen molar-refractivity contribution in [3.63, 3.8) is 0 Å². The minimum atomic E-state index is -0.0778. The average Bonchev–Trinajstić information content (AvgIpc) is 2.98. The molecule has 1 fully saturated rings. The van der Waals surface area contributed by atoms with Gasteiger partial charge in [-0.3, -0.25) is 14.4 Å². The van der Waals surface area contributed by atoms with Crippen molar-refractivity contribution in [1.29, 1.82) is 0 Å². The van der Waals surface area contributed by atoms with E-state index in [-0.39, 0.29) is 5.91 Å². The molecule has 1 amide bonds. The molecule has 5 nitrogen and oxygen atoms in total. The molecule has 134 valence electrons. The van der Waals surface area contributed by atoms with Crippen molar-refractivity contribution in [3.8, 4) is 0 Å². The van der Waals surface area contributed by atoms with Crippen LogP contribution in [-0.2, 0) is 13.1 Å². The molecule has 5 heteroatoms. The first-order chi connectivity index (χ1) is 12.2. The van der Waals surface area contributed by atoms with Crippen molar-refractivity contribution in [3.05, 3.63) is 47.3 Å². The van der Waals surface area contributed by atoms with Gasteiger partial charge in [-0.05, 0) is 50.9 Å². The molecule has 1 aromatic heterocycles. The van der Waals surface area contributed by atoms with Crippen LogP contribution in [0.15, 0.2) is 30.5 Å². The van der Waals surface area contributed by atoms with Crippen LogP contribution in [0.2, 0.25) is 0 Å². The number of nitrogens with one attached hydrogen (secondary N) is 1. The second-order valence-corrected chi connectivity index (χ2v) is 6.84. The highest BCUT2D eigenvalue weighted by molar-refractivity contribution is 6.05. The van der Waals surface area contributed by atoms with Gasteiger partial charge in [0, 0.05) is 25.0 Å². The van der Waals surface area contributed by atoms with Crippen LogP contribution in [0.3, 0.4) is 0 Å². The fraction of sp³-hybridized carbons (Fsp3) is 0.500. The predicted octanol–water partition coefficient (Wildman–Crippen LogP) is 3.84. The first kappa shape index (κ1) is 17.7. The highest BCUT2D eigenvalue weighted by atomic mass is 16.1. The number of carbonyl (C=O) groups is 1. The van der Waals surface area contributed by atoms with Crippen LogP contribution >= 0.6 is 0 Å². The maximum atomic E-state index is 12.7. The van der Waals surface area contributed by atoms with E-state index in [1.807, 2.05) is 36.0 Å². The topological polar surface area (TPSA) is 50.2 Å². The van der Waals surface area contributed by atoms with Crippen LogP contribution in [0.25, 0.3) is 0 Å². The van der Waals surface area contributed by atoms with Crippen LogP contribution in [0.5, 0.6) is 0 Å². The first-order valence-electron chi connectivity index (χ1n) is 9.33. The fourth-order valence-electron chi connectivity index (χ4n) is 3.41. The van der Waals surface area contributed by atoms with Crippen molar-refractivity contribution in [1.82, 2.24) is 14.7 Å². The lowest BCUT2D eigenvalue weighted by molar-refractivity contribution is 0.102. The summed E-state index contributed by atoms with van der Waals surface area (Å²) in [5.41, 5.74) is 3.51. The number of hydrogen-bond donors (Lipinski definition) is 1. The molecule has 0 saturated carbocycles. The number of aryl methyl sites for hydroxylation is 2. The summed E-state index contributed by atoms with van der Waals surface area (Å²) in [4.78, 5) is 15.2. The Labute approximate surface area is 150 Å². The Morgan fingerprint density at radius 1 is 1.20 bits per heavy atom. The van der Waals surface area contributed by atoms with Crippen molar-refractivity contribution in [2.45, 2.75) is 52.6 Å². The van der Waals surface area contributed by atoms with Gasteiger partial charge in [0.2, 0.25) is 0 Å². The number of para-hydroxylation sites is 1. The average molecular weight is 340 g/mol. The van der Waals surface area contributed by atoms with Gasteiger partial charge < -0.3 is 5.32 Å². The maximum absolute atomic E-state index is 12.7. The number of amides is 1. The van der Waals surface area contributed by atoms with E-state index in [1.54, 1.807) is 0 Å². The van der Waals surface area contributed by atoms with Crippen LogP contribution in [0.1, 0.15) is 54.2 Å². The lowest BCUT2D eigenvalue weighted by Crippen LogP contribution is -2.29. The van der Waals surface area contributed by atoms with Gasteiger partial charge in [-0.25, -0.2) is 0 Å². The minimum Gasteiger partial charge on any atom is -0.322 e. The number of hydrogen-bond acceptors (Lipinski definition) is 3. The summed E-state index contributed by atoms with van der Waals surface area (Å²) < 4.78 is 1.85. The molecule has 0 aliphatic carbocycles. The van der Waals surface area contributed by atoms with E-state index in [4.69, 9.17) is 0 Å². The molecule has 0 spiro atoms. The summed E-state index contributed by atoms with van der Waals surface area (Å²) in [6.07, 6.45) is 6.72. The normalized spacial score (nSPS) is 15.3. The molecule has 2 heterocycles. The maximum Gasteiger partial charge on any atom is 0.259 e. The molecule has 1 aliphatic heterocycles. The number of benzene rings is 1. The van der Waals surface area contributed by atoms with Crippen LogP contribution in [0, 0.1) is 6.92 Å². The highest BCUT2D eigenvalue weighted by Crippen LogP contribution is 2.21. The highest BCUT2D eigenvalue weighted by Gasteiger charge is 2.16. The zero-order valence-corrected chi connectivity index (χ0v) is 15.3. The number of aromatic nitrogens is 2. The summed E-state index contributed by atoms with van der Waals surface area (Å²) in [5.74, 6) is -0.0778. The van der Waals surface area contributed by atoms with Crippen LogP contribution < -0.4 is 5.32 Å². The zero-order chi connectivity index (χ0) is 17.6. The van der Waals surface area contributed by atoms with Gasteiger partial charge in [0.1, 0.15) is 0 Å². The van der Waals surface area contributed by atoms with E-state index >= 15 is 0 Å². The largest absolute Gasteiger partial charge is 0.322 e. The smallest absolute Gasteiger partial charge is 0.259 e. The van der Waals surface area contributed by atoms with E-state index in [0.29, 0.717) is 5.56 Å². The molecular weight excluding hydrogens is 312 g/mol. The number of piperidine rings is 1. The molecule has 2 aromatic rings. The lowest BCUT2D eigenvalue weighted by Gasteiger charge is -2.27. The van der Waals surface area contributed by atoms with E-state index < -0.39 is 0 Å². The van der Waals surface area contributed by atoms with Crippen molar-refractivity contribution in [2.75, 3.05) is 18.4 Å². The molecule has 3 rings (SSSR count). The molecule has 0 bridgehead atoms. The number of anilines is 1. The van der Waals surface area contributed by atoms with E-state index in [0.717, 1.165) is 44.0 Å². The molecule has 0 radical (unpaired) electrons. The van der Waals surface area contributed by atoms with Gasteiger partial charge in [0.05, 0.1) is 11.3 Å². The van der Waals surface area contributed by atoms with Gasteiger partial charge in [-0.15, -0.1) is 0 Å². The quantitative estimate of drug-likeness (QED) is 0.869. The summed E-state index contributed by atoms with van der Waals surface area (Å²) >= 11 is 0. The monoisotopic (exact) mass is 340 g/mol. The Balaban J connectivity index is 1.72. The second kappa shape index (κ2) is 8.30. The van der Waals surface area contributed by atoms with Gasteiger partial charge in [0.15, 0.2) is 0 Å². The molecule has 1 aliphatic rings. The number of rotatable bonds is 6. The summed E-state index contributed by atoms with van der Waals surface area (Å²) in [7, 11) is 0. The van der Waals surface area contributed by atoms with E-state index in [1.165, 1.54) is 24.8 Å². The summed E-state index contributed by atoms with van der Waals surface area (Å²) in [5, 5.41) is 7.52. The van der Waals surface area contributed by atoms with Crippen LogP contribution in [-0.4, -0.2) is 33.7 Å². The van der Waals surface area contributed by atoms with E-state index in [2.05, 4.69) is 28.3 Å². The summed E-state index contributed by atoms with van der Waals surface area (Å²) in [6.45, 7) is 8.01. The van der Waals surface area contributed by atoms with Crippen LogP contribution in [0.4, 0.5) is 5.69 Å². The second-order valence-electron chi connectivity index (χ2n) is 6.84. The fourth-order valence-corrected chi connectivity index (χ4v) is 3.41. The Morgan fingerprint density at radius 3 is 2.72 bits per heavy atom. The molecule has 1 saturated heterocycles. The molecule has 0 unspecified atom stereocenters. The van der Waals surface area contributed by atoms with Crippen molar-refractivity contribution < 1.29 is 4.79 Å². The first-order valence-corrected chi connectivity index (χ1v) is 9.33. The Bertz CT molecular complexity index is 716. The number of carbonyl (C=O) groups excluding carboxylic acids is 1. The van der Waals surface area contributed by atoms with Gasteiger partial charge >= 0.3 is 0 Å². The summed E-state index contributed by atoms with van der Waals surface area (Å²) in [6, 6.07) is 8.11. The predicted molar refractivity (Wildman–Crippen MR) is 101 cm³/mol. The van der Waals surface area contributed by atoms with Gasteiger partial charge in [-0.2, -0.15) is 5.10 Å². The standard InChI is InChI=1S/C20H28N4O/c1-3-11-24-15-18(16(2)22-24)20(25)21-19-10-6-5-9-17(19)14-23-12-7-4-8-13-23/h5-6,9-10,15H,3-4,7-8,11-14H2,1-2H3,(H,21,25).